The Balaban J connectivity index is 2.80. The molecular formula is C9H11F3N4O2S. The second kappa shape index (κ2) is 6.57. The molecule has 6 nitrogen and oxygen atoms in total. The van der Waals surface area contributed by atoms with Crippen molar-refractivity contribution in [2.75, 3.05) is 18.3 Å². The van der Waals surface area contributed by atoms with E-state index >= 15 is 0 Å². The van der Waals surface area contributed by atoms with Crippen LogP contribution in [0.1, 0.15) is 12.2 Å². The lowest BCUT2D eigenvalue weighted by atomic mass is 10.5. The van der Waals surface area contributed by atoms with Gasteiger partial charge < -0.3 is 10.2 Å². The molecule has 1 aromatic rings. The van der Waals surface area contributed by atoms with Crippen LogP contribution < -0.4 is 11.3 Å². The number of halogens is 3. The predicted octanol–water partition coefficient (Wildman–Crippen LogP) is 1.44. The molecule has 0 atom stereocenters. The van der Waals surface area contributed by atoms with Gasteiger partial charge in [0.2, 0.25) is 5.82 Å². The van der Waals surface area contributed by atoms with Crippen molar-refractivity contribution >= 4 is 23.5 Å². The molecule has 0 saturated carbocycles. The van der Waals surface area contributed by atoms with Gasteiger partial charge in [-0.05, 0) is 0 Å². The number of hydrogen-bond acceptors (Lipinski definition) is 7. The quantitative estimate of drug-likeness (QED) is 0.279. The maximum absolute atomic E-state index is 12.5. The van der Waals surface area contributed by atoms with E-state index in [0.29, 0.717) is 0 Å². The fraction of sp³-hybridized carbons (Fsp3) is 0.444. The Labute approximate surface area is 110 Å². The second-order valence-corrected chi connectivity index (χ2v) is 4.35. The first-order chi connectivity index (χ1) is 8.86. The van der Waals surface area contributed by atoms with Gasteiger partial charge in [0, 0.05) is 11.8 Å². The number of anilines is 1. The molecule has 0 fully saturated rings. The van der Waals surface area contributed by atoms with Crippen LogP contribution in [0.15, 0.2) is 11.1 Å². The minimum atomic E-state index is -4.66. The molecular weight excluding hydrogens is 285 g/mol. The first-order valence-electron chi connectivity index (χ1n) is 4.99. The summed E-state index contributed by atoms with van der Waals surface area (Å²) in [6.45, 7) is 0. The van der Waals surface area contributed by atoms with E-state index in [1.165, 1.54) is 13.2 Å². The highest BCUT2D eigenvalue weighted by atomic mass is 32.2. The fourth-order valence-corrected chi connectivity index (χ4v) is 1.86. The average Bonchev–Trinajstić information content (AvgIpc) is 2.37. The van der Waals surface area contributed by atoms with E-state index in [-0.39, 0.29) is 23.0 Å². The number of aromatic nitrogens is 2. The number of carbonyl (C=O) groups is 1. The molecule has 0 unspecified atom stereocenters. The highest BCUT2D eigenvalue weighted by Gasteiger charge is 2.35. The third-order valence-corrected chi connectivity index (χ3v) is 2.80. The van der Waals surface area contributed by atoms with E-state index in [4.69, 9.17) is 5.84 Å². The third-order valence-electron chi connectivity index (χ3n) is 1.89. The van der Waals surface area contributed by atoms with Crippen molar-refractivity contribution in [3.05, 3.63) is 11.9 Å². The molecule has 19 heavy (non-hydrogen) atoms. The number of nitrogen functional groups attached to an aromatic ring is 1. The highest BCUT2D eigenvalue weighted by Crippen LogP contribution is 2.29. The summed E-state index contributed by atoms with van der Waals surface area (Å²) in [4.78, 5) is 17.4. The van der Waals surface area contributed by atoms with Gasteiger partial charge in [0.1, 0.15) is 10.8 Å². The van der Waals surface area contributed by atoms with Gasteiger partial charge in [-0.15, -0.1) is 11.8 Å². The van der Waals surface area contributed by atoms with Gasteiger partial charge in [-0.3, -0.25) is 4.79 Å². The first-order valence-corrected chi connectivity index (χ1v) is 5.98. The Morgan fingerprint density at radius 2 is 2.21 bits per heavy atom. The standard InChI is InChI=1S/C9H11F3N4O2S/c1-18-7(17)2-3-19-6-4-5(16-13)14-8(15-6)9(10,11)12/h4H,2-3,13H2,1H3,(H,14,15,16). The van der Waals surface area contributed by atoms with Crippen LogP contribution in [0.5, 0.6) is 0 Å². The van der Waals surface area contributed by atoms with Gasteiger partial charge in [0.15, 0.2) is 0 Å². The maximum Gasteiger partial charge on any atom is 0.451 e. The summed E-state index contributed by atoms with van der Waals surface area (Å²) >= 11 is 0.976. The van der Waals surface area contributed by atoms with Crippen molar-refractivity contribution in [2.24, 2.45) is 5.84 Å². The molecule has 0 amide bonds. The van der Waals surface area contributed by atoms with Crippen molar-refractivity contribution in [1.29, 1.82) is 0 Å². The smallest absolute Gasteiger partial charge is 0.451 e. The van der Waals surface area contributed by atoms with Gasteiger partial charge in [-0.25, -0.2) is 15.8 Å². The number of nitrogens with zero attached hydrogens (tertiary/aromatic N) is 2. The molecule has 1 heterocycles. The molecule has 0 spiro atoms. The van der Waals surface area contributed by atoms with Gasteiger partial charge in [-0.1, -0.05) is 0 Å². The summed E-state index contributed by atoms with van der Waals surface area (Å²) in [6, 6.07) is 1.26. The number of thioether (sulfide) groups is 1. The molecule has 0 aliphatic heterocycles. The molecule has 0 aliphatic carbocycles. The summed E-state index contributed by atoms with van der Waals surface area (Å²) in [5.74, 6) is 3.39. The number of carbonyl (C=O) groups excluding carboxylic acids is 1. The Hall–Kier alpha value is -1.55. The summed E-state index contributed by atoms with van der Waals surface area (Å²) in [5, 5.41) is 0.0687. The van der Waals surface area contributed by atoms with Crippen molar-refractivity contribution in [3.63, 3.8) is 0 Å². The summed E-state index contributed by atoms with van der Waals surface area (Å²) in [6.07, 6.45) is -4.59. The average molecular weight is 296 g/mol. The lowest BCUT2D eigenvalue weighted by Gasteiger charge is -2.09. The van der Waals surface area contributed by atoms with Crippen LogP contribution in [0.2, 0.25) is 0 Å². The minimum absolute atomic E-state index is 0.0674. The van der Waals surface area contributed by atoms with Crippen molar-refractivity contribution in [2.45, 2.75) is 17.6 Å². The van der Waals surface area contributed by atoms with Crippen LogP contribution in [-0.4, -0.2) is 28.8 Å². The number of ether oxygens (including phenoxy) is 1. The molecule has 0 radical (unpaired) electrons. The first kappa shape index (κ1) is 15.5. The zero-order valence-corrected chi connectivity index (χ0v) is 10.6. The van der Waals surface area contributed by atoms with E-state index < -0.39 is 18.0 Å². The number of nitrogens with two attached hydrogens (primary N) is 1. The van der Waals surface area contributed by atoms with Gasteiger partial charge >= 0.3 is 12.1 Å². The molecule has 0 aromatic carbocycles. The van der Waals surface area contributed by atoms with E-state index in [9.17, 15) is 18.0 Å². The highest BCUT2D eigenvalue weighted by molar-refractivity contribution is 7.99. The molecule has 106 valence electrons. The zero-order chi connectivity index (χ0) is 14.5. The van der Waals surface area contributed by atoms with Gasteiger partial charge in [0.25, 0.3) is 0 Å². The van der Waals surface area contributed by atoms with E-state index in [0.717, 1.165) is 11.8 Å². The van der Waals surface area contributed by atoms with E-state index in [1.54, 1.807) is 0 Å². The molecule has 1 aromatic heterocycles. The monoisotopic (exact) mass is 296 g/mol. The lowest BCUT2D eigenvalue weighted by molar-refractivity contribution is -0.145. The normalized spacial score (nSPS) is 11.2. The zero-order valence-electron chi connectivity index (χ0n) is 9.82. The van der Waals surface area contributed by atoms with Crippen molar-refractivity contribution in [1.82, 2.24) is 9.97 Å². The molecule has 3 N–H and O–H groups in total. The van der Waals surface area contributed by atoms with Crippen LogP contribution in [0.4, 0.5) is 19.0 Å². The number of hydrazine groups is 1. The van der Waals surface area contributed by atoms with Crippen LogP contribution in [-0.2, 0) is 15.7 Å². The van der Waals surface area contributed by atoms with Crippen LogP contribution in [0.3, 0.4) is 0 Å². The van der Waals surface area contributed by atoms with Crippen LogP contribution in [0.25, 0.3) is 0 Å². The number of alkyl halides is 3. The number of rotatable bonds is 5. The van der Waals surface area contributed by atoms with E-state index in [2.05, 4.69) is 14.7 Å². The molecule has 1 rings (SSSR count). The largest absolute Gasteiger partial charge is 0.469 e. The number of methoxy groups -OCH3 is 1. The second-order valence-electron chi connectivity index (χ2n) is 3.23. The third kappa shape index (κ3) is 4.91. The predicted molar refractivity (Wildman–Crippen MR) is 62.2 cm³/mol. The fourth-order valence-electron chi connectivity index (χ4n) is 1.04. The summed E-state index contributed by atoms with van der Waals surface area (Å²) in [5.41, 5.74) is 2.03. The molecule has 0 bridgehead atoms. The van der Waals surface area contributed by atoms with Crippen LogP contribution in [0, 0.1) is 0 Å². The van der Waals surface area contributed by atoms with Gasteiger partial charge in [0.05, 0.1) is 13.5 Å². The SMILES string of the molecule is COC(=O)CCSc1cc(NN)nc(C(F)(F)F)n1. The molecule has 0 aliphatic rings. The summed E-state index contributed by atoms with van der Waals surface area (Å²) in [7, 11) is 1.23. The van der Waals surface area contributed by atoms with Gasteiger partial charge in [-0.2, -0.15) is 13.2 Å². The molecule has 10 heteroatoms. The topological polar surface area (TPSA) is 90.1 Å². The number of hydrogen-bond donors (Lipinski definition) is 2. The van der Waals surface area contributed by atoms with Crippen LogP contribution >= 0.6 is 11.8 Å². The summed E-state index contributed by atoms with van der Waals surface area (Å²) < 4.78 is 42.0. The Morgan fingerprint density at radius 1 is 1.53 bits per heavy atom. The maximum atomic E-state index is 12.5. The van der Waals surface area contributed by atoms with E-state index in [1.807, 2.05) is 5.43 Å². The van der Waals surface area contributed by atoms with Crippen molar-refractivity contribution in [3.8, 4) is 0 Å². The molecule has 0 saturated heterocycles. The minimum Gasteiger partial charge on any atom is -0.469 e. The number of esters is 1. The Morgan fingerprint density at radius 3 is 2.74 bits per heavy atom. The lowest BCUT2D eigenvalue weighted by Crippen LogP contribution is -2.16. The van der Waals surface area contributed by atoms with Crippen molar-refractivity contribution < 1.29 is 22.7 Å². The number of nitrogens with one attached hydrogen (secondary N) is 1. The Bertz CT molecular complexity index is 456. The Kier molecular flexibility index (Phi) is 5.36.